The van der Waals surface area contributed by atoms with Gasteiger partial charge >= 0.3 is 0 Å². The van der Waals surface area contributed by atoms with E-state index in [0.717, 1.165) is 31.4 Å². The van der Waals surface area contributed by atoms with Gasteiger partial charge in [-0.3, -0.25) is 9.69 Å². The Hall–Kier alpha value is -1.55. The Morgan fingerprint density at radius 1 is 1.22 bits per heavy atom. The van der Waals surface area contributed by atoms with Gasteiger partial charge in [0.1, 0.15) is 11.9 Å². The Morgan fingerprint density at radius 2 is 1.94 bits per heavy atom. The van der Waals surface area contributed by atoms with Crippen LogP contribution in [0.2, 0.25) is 0 Å². The molecule has 0 aromatic heterocycles. The zero-order chi connectivity index (χ0) is 12.7. The van der Waals surface area contributed by atoms with Gasteiger partial charge in [-0.05, 0) is 30.5 Å². The number of piperidine rings is 1. The smallest absolute Gasteiger partial charge is 0.241 e. The minimum Gasteiger partial charge on any atom is -0.508 e. The number of carbonyl (C=O) groups is 1. The van der Waals surface area contributed by atoms with E-state index >= 15 is 0 Å². The molecule has 2 atom stereocenters. The van der Waals surface area contributed by atoms with Gasteiger partial charge < -0.3 is 10.0 Å². The van der Waals surface area contributed by atoms with E-state index in [1.807, 2.05) is 24.1 Å². The van der Waals surface area contributed by atoms with Crippen LogP contribution in [0, 0.1) is 0 Å². The summed E-state index contributed by atoms with van der Waals surface area (Å²) in [6, 6.07) is 7.24. The van der Waals surface area contributed by atoms with Gasteiger partial charge in [-0.1, -0.05) is 18.6 Å². The van der Waals surface area contributed by atoms with Crippen molar-refractivity contribution in [2.75, 3.05) is 13.6 Å². The van der Waals surface area contributed by atoms with E-state index in [9.17, 15) is 9.90 Å². The molecular formula is C14H18N2O2. The van der Waals surface area contributed by atoms with Crippen molar-refractivity contribution in [2.24, 2.45) is 0 Å². The van der Waals surface area contributed by atoms with Crippen LogP contribution in [0.15, 0.2) is 24.3 Å². The molecule has 1 aromatic rings. The third-order valence-corrected chi connectivity index (χ3v) is 4.05. The van der Waals surface area contributed by atoms with E-state index in [4.69, 9.17) is 0 Å². The number of amides is 1. The van der Waals surface area contributed by atoms with Gasteiger partial charge in [0, 0.05) is 13.6 Å². The molecule has 0 spiro atoms. The maximum absolute atomic E-state index is 12.2. The predicted molar refractivity (Wildman–Crippen MR) is 68.0 cm³/mol. The quantitative estimate of drug-likeness (QED) is 0.820. The van der Waals surface area contributed by atoms with Gasteiger partial charge in [-0.25, -0.2) is 0 Å². The molecule has 0 aliphatic carbocycles. The first kappa shape index (κ1) is 11.5. The molecule has 2 heterocycles. The van der Waals surface area contributed by atoms with Crippen LogP contribution >= 0.6 is 0 Å². The molecule has 0 saturated carbocycles. The predicted octanol–water partition coefficient (Wildman–Crippen LogP) is 1.72. The topological polar surface area (TPSA) is 43.8 Å². The van der Waals surface area contributed by atoms with Crippen molar-refractivity contribution < 1.29 is 9.90 Å². The van der Waals surface area contributed by atoms with Crippen LogP contribution in [0.25, 0.3) is 0 Å². The molecule has 1 amide bonds. The molecular weight excluding hydrogens is 228 g/mol. The highest BCUT2D eigenvalue weighted by Gasteiger charge is 2.45. The number of fused-ring (bicyclic) bond motifs is 1. The Morgan fingerprint density at radius 3 is 2.67 bits per heavy atom. The number of phenolic OH excluding ortho intramolecular Hbond substituents is 1. The van der Waals surface area contributed by atoms with Gasteiger partial charge in [0.15, 0.2) is 0 Å². The third kappa shape index (κ3) is 1.68. The first-order valence-electron chi connectivity index (χ1n) is 6.50. The number of carbonyl (C=O) groups excluding carboxylic acids is 1. The van der Waals surface area contributed by atoms with Crippen molar-refractivity contribution in [3.8, 4) is 5.75 Å². The van der Waals surface area contributed by atoms with Crippen LogP contribution in [0.3, 0.4) is 0 Å². The second-order valence-electron chi connectivity index (χ2n) is 5.16. The Bertz CT molecular complexity index is 457. The molecule has 2 aliphatic rings. The molecule has 18 heavy (non-hydrogen) atoms. The highest BCUT2D eigenvalue weighted by atomic mass is 16.3. The van der Waals surface area contributed by atoms with Crippen molar-refractivity contribution in [2.45, 2.75) is 31.5 Å². The third-order valence-electron chi connectivity index (χ3n) is 4.05. The highest BCUT2D eigenvalue weighted by molar-refractivity contribution is 5.84. The van der Waals surface area contributed by atoms with Gasteiger partial charge in [-0.2, -0.15) is 0 Å². The van der Waals surface area contributed by atoms with E-state index in [0.29, 0.717) is 0 Å². The van der Waals surface area contributed by atoms with Crippen molar-refractivity contribution in [1.29, 1.82) is 0 Å². The van der Waals surface area contributed by atoms with Crippen molar-refractivity contribution in [3.05, 3.63) is 29.8 Å². The number of rotatable bonds is 1. The minimum absolute atomic E-state index is 0.0309. The van der Waals surface area contributed by atoms with Crippen LogP contribution in [0.4, 0.5) is 0 Å². The average Bonchev–Trinajstić information content (AvgIpc) is 2.64. The van der Waals surface area contributed by atoms with E-state index in [2.05, 4.69) is 4.90 Å². The molecule has 96 valence electrons. The first-order chi connectivity index (χ1) is 8.68. The molecule has 1 N–H and O–H groups in total. The molecule has 2 unspecified atom stereocenters. The molecule has 0 bridgehead atoms. The Kier molecular flexibility index (Phi) is 2.74. The number of phenols is 1. The molecule has 3 rings (SSSR count). The molecule has 2 saturated heterocycles. The molecule has 4 heteroatoms. The summed E-state index contributed by atoms with van der Waals surface area (Å²) < 4.78 is 0. The molecule has 4 nitrogen and oxygen atoms in total. The molecule has 1 aromatic carbocycles. The highest BCUT2D eigenvalue weighted by Crippen LogP contribution is 2.37. The fourth-order valence-electron chi connectivity index (χ4n) is 3.15. The largest absolute Gasteiger partial charge is 0.508 e. The summed E-state index contributed by atoms with van der Waals surface area (Å²) in [6.07, 6.45) is 3.30. The lowest BCUT2D eigenvalue weighted by molar-refractivity contribution is -0.129. The van der Waals surface area contributed by atoms with Gasteiger partial charge in [0.05, 0.1) is 6.04 Å². The first-order valence-corrected chi connectivity index (χ1v) is 6.50. The fourth-order valence-corrected chi connectivity index (χ4v) is 3.15. The van der Waals surface area contributed by atoms with Crippen molar-refractivity contribution >= 4 is 5.91 Å². The number of benzene rings is 1. The maximum Gasteiger partial charge on any atom is 0.241 e. The number of nitrogens with zero attached hydrogens (tertiary/aromatic N) is 2. The van der Waals surface area contributed by atoms with E-state index < -0.39 is 0 Å². The normalized spacial score (nSPS) is 28.5. The summed E-state index contributed by atoms with van der Waals surface area (Å²) in [5.74, 6) is 0.494. The second kappa shape index (κ2) is 4.28. The van der Waals surface area contributed by atoms with Crippen LogP contribution in [0.5, 0.6) is 5.75 Å². The number of aromatic hydroxyl groups is 1. The Labute approximate surface area is 107 Å². The zero-order valence-corrected chi connectivity index (χ0v) is 10.5. The lowest BCUT2D eigenvalue weighted by Crippen LogP contribution is -2.38. The molecule has 2 aliphatic heterocycles. The summed E-state index contributed by atoms with van der Waals surface area (Å²) >= 11 is 0. The lowest BCUT2D eigenvalue weighted by atomic mass is 10.0. The number of likely N-dealkylation sites (N-methyl/N-ethyl adjacent to an activating group) is 1. The second-order valence-corrected chi connectivity index (χ2v) is 5.16. The summed E-state index contributed by atoms with van der Waals surface area (Å²) in [4.78, 5) is 16.4. The van der Waals surface area contributed by atoms with Gasteiger partial charge in [-0.15, -0.1) is 0 Å². The summed E-state index contributed by atoms with van der Waals surface area (Å²) in [6.45, 7) is 0.978. The fraction of sp³-hybridized carbons (Fsp3) is 0.500. The molecule has 0 radical (unpaired) electrons. The lowest BCUT2D eigenvalue weighted by Gasteiger charge is -2.32. The SMILES string of the molecule is CN1C(=O)C2CCCCN2C1c1ccc(O)cc1. The monoisotopic (exact) mass is 246 g/mol. The van der Waals surface area contributed by atoms with Gasteiger partial charge in [0.2, 0.25) is 5.91 Å². The zero-order valence-electron chi connectivity index (χ0n) is 10.5. The summed E-state index contributed by atoms with van der Waals surface area (Å²) in [5, 5.41) is 9.36. The average molecular weight is 246 g/mol. The maximum atomic E-state index is 12.2. The molecule has 2 fully saturated rings. The van der Waals surface area contributed by atoms with Gasteiger partial charge in [0.25, 0.3) is 0 Å². The van der Waals surface area contributed by atoms with Crippen molar-refractivity contribution in [3.63, 3.8) is 0 Å². The van der Waals surface area contributed by atoms with E-state index in [-0.39, 0.29) is 23.9 Å². The summed E-state index contributed by atoms with van der Waals surface area (Å²) in [5.41, 5.74) is 1.08. The number of hydrogen-bond donors (Lipinski definition) is 1. The summed E-state index contributed by atoms with van der Waals surface area (Å²) in [7, 11) is 1.87. The van der Waals surface area contributed by atoms with E-state index in [1.54, 1.807) is 12.1 Å². The Balaban J connectivity index is 1.95. The van der Waals surface area contributed by atoms with Crippen LogP contribution in [-0.2, 0) is 4.79 Å². The standard InChI is InChI=1S/C14H18N2O2/c1-15-13(10-5-7-11(17)8-6-10)16-9-3-2-4-12(16)14(15)18/h5-8,12-13,17H,2-4,9H2,1H3. The van der Waals surface area contributed by atoms with Crippen molar-refractivity contribution in [1.82, 2.24) is 9.80 Å². The van der Waals surface area contributed by atoms with Crippen LogP contribution in [0.1, 0.15) is 31.0 Å². The van der Waals surface area contributed by atoms with Crippen LogP contribution in [-0.4, -0.2) is 40.4 Å². The van der Waals surface area contributed by atoms with E-state index in [1.165, 1.54) is 0 Å². The van der Waals surface area contributed by atoms with Crippen LogP contribution < -0.4 is 0 Å². The number of hydrogen-bond acceptors (Lipinski definition) is 3. The minimum atomic E-state index is 0.0309.